The van der Waals surface area contributed by atoms with Gasteiger partial charge in [0.2, 0.25) is 0 Å². The van der Waals surface area contributed by atoms with Gasteiger partial charge in [0.05, 0.1) is 0 Å². The van der Waals surface area contributed by atoms with Crippen molar-refractivity contribution in [2.24, 2.45) is 10.8 Å². The lowest BCUT2D eigenvalue weighted by atomic mass is 9.87. The van der Waals surface area contributed by atoms with Crippen LogP contribution in [0.3, 0.4) is 0 Å². The fraction of sp³-hybridized carbons (Fsp3) is 0.818. The molecule has 2 heteroatoms. The Labute approximate surface area is 84.2 Å². The summed E-state index contributed by atoms with van der Waals surface area (Å²) in [5.74, 6) is 0. The predicted molar refractivity (Wildman–Crippen MR) is 61.6 cm³/mol. The van der Waals surface area contributed by atoms with Crippen LogP contribution >= 0.6 is 9.24 Å². The molecule has 0 nitrogen and oxygen atoms in total. The second-order valence-electron chi connectivity index (χ2n) is 5.72. The van der Waals surface area contributed by atoms with Gasteiger partial charge in [0, 0.05) is 5.41 Å². The van der Waals surface area contributed by atoms with Crippen LogP contribution in [0.2, 0.25) is 0 Å². The first-order chi connectivity index (χ1) is 5.46. The monoisotopic (exact) mass is 204 g/mol. The highest BCUT2D eigenvalue weighted by atomic mass is 31.0. The molecule has 0 saturated carbocycles. The summed E-state index contributed by atoms with van der Waals surface area (Å²) in [4.78, 5) is 0. The molecular weight excluding hydrogens is 182 g/mol. The van der Waals surface area contributed by atoms with Gasteiger partial charge in [-0.25, -0.2) is 4.39 Å². The third-order valence-corrected chi connectivity index (χ3v) is 3.03. The van der Waals surface area contributed by atoms with Crippen LogP contribution in [0.5, 0.6) is 0 Å². The highest BCUT2D eigenvalue weighted by molar-refractivity contribution is 7.19. The van der Waals surface area contributed by atoms with Crippen molar-refractivity contribution in [3.63, 3.8) is 0 Å². The van der Waals surface area contributed by atoms with Gasteiger partial charge in [-0.2, -0.15) is 0 Å². The highest BCUT2D eigenvalue weighted by Gasteiger charge is 2.35. The Morgan fingerprint density at radius 2 is 1.31 bits per heavy atom. The smallest absolute Gasteiger partial charge is 0.146 e. The van der Waals surface area contributed by atoms with Crippen molar-refractivity contribution in [1.29, 1.82) is 0 Å². The minimum atomic E-state index is -1.32. The lowest BCUT2D eigenvalue weighted by molar-refractivity contribution is 0.172. The first-order valence-corrected chi connectivity index (χ1v) is 5.22. The van der Waals surface area contributed by atoms with E-state index in [1.807, 2.05) is 26.8 Å². The lowest BCUT2D eigenvalue weighted by Gasteiger charge is -2.32. The van der Waals surface area contributed by atoms with E-state index in [1.165, 1.54) is 0 Å². The fourth-order valence-corrected chi connectivity index (χ4v) is 0.718. The Morgan fingerprint density at radius 3 is 1.54 bits per heavy atom. The Bertz CT molecular complexity index is 191. The molecule has 13 heavy (non-hydrogen) atoms. The van der Waals surface area contributed by atoms with Gasteiger partial charge in [-0.3, -0.25) is 0 Å². The molecule has 0 amide bonds. The summed E-state index contributed by atoms with van der Waals surface area (Å²) in [7, 11) is 2.29. The van der Waals surface area contributed by atoms with E-state index in [9.17, 15) is 4.39 Å². The molecule has 0 aliphatic heterocycles. The van der Waals surface area contributed by atoms with E-state index in [2.05, 4.69) is 30.0 Å². The van der Waals surface area contributed by atoms with Crippen LogP contribution in [-0.4, -0.2) is 5.41 Å². The summed E-state index contributed by atoms with van der Waals surface area (Å²) < 4.78 is 14.0. The van der Waals surface area contributed by atoms with E-state index < -0.39 is 5.41 Å². The summed E-state index contributed by atoms with van der Waals surface area (Å²) in [6, 6.07) is 0. The Hall–Kier alpha value is 0.100. The standard InChI is InChI=1S/C11H22FP/c1-9(2,3)7-8-11(12,13)10(4,5)6/h7-8H,13H2,1-6H3/b8-7-. The summed E-state index contributed by atoms with van der Waals surface area (Å²) >= 11 is 0. The van der Waals surface area contributed by atoms with Crippen LogP contribution in [0.25, 0.3) is 0 Å². The lowest BCUT2D eigenvalue weighted by Crippen LogP contribution is -2.30. The van der Waals surface area contributed by atoms with Crippen LogP contribution in [0.1, 0.15) is 41.5 Å². The Morgan fingerprint density at radius 1 is 0.923 bits per heavy atom. The van der Waals surface area contributed by atoms with E-state index in [0.717, 1.165) is 0 Å². The highest BCUT2D eigenvalue weighted by Crippen LogP contribution is 2.41. The van der Waals surface area contributed by atoms with Gasteiger partial charge in [-0.15, -0.1) is 0 Å². The van der Waals surface area contributed by atoms with Gasteiger partial charge < -0.3 is 0 Å². The zero-order chi connectivity index (χ0) is 10.9. The van der Waals surface area contributed by atoms with Gasteiger partial charge in [0.15, 0.2) is 0 Å². The molecule has 0 bridgehead atoms. The molecule has 0 spiro atoms. The van der Waals surface area contributed by atoms with Crippen molar-refractivity contribution >= 4 is 9.24 Å². The molecule has 0 aromatic heterocycles. The van der Waals surface area contributed by atoms with Crippen molar-refractivity contribution in [1.82, 2.24) is 0 Å². The molecule has 2 atom stereocenters. The van der Waals surface area contributed by atoms with Crippen molar-refractivity contribution < 1.29 is 4.39 Å². The molecule has 2 unspecified atom stereocenters. The van der Waals surface area contributed by atoms with Gasteiger partial charge in [-0.1, -0.05) is 56.9 Å². The van der Waals surface area contributed by atoms with E-state index in [4.69, 9.17) is 0 Å². The van der Waals surface area contributed by atoms with E-state index in [0.29, 0.717) is 0 Å². The van der Waals surface area contributed by atoms with Crippen molar-refractivity contribution in [3.05, 3.63) is 12.2 Å². The molecule has 0 aliphatic carbocycles. The van der Waals surface area contributed by atoms with Crippen LogP contribution in [0, 0.1) is 10.8 Å². The number of rotatable bonds is 1. The average Bonchev–Trinajstić information content (AvgIpc) is 1.79. The maximum Gasteiger partial charge on any atom is 0.146 e. The topological polar surface area (TPSA) is 0 Å². The van der Waals surface area contributed by atoms with Crippen molar-refractivity contribution in [2.45, 2.75) is 47.0 Å². The van der Waals surface area contributed by atoms with E-state index >= 15 is 0 Å². The van der Waals surface area contributed by atoms with Gasteiger partial charge in [-0.05, 0) is 11.5 Å². The SMILES string of the molecule is CC(C)(C)/C=C\C(F)(P)C(C)(C)C. The van der Waals surface area contributed by atoms with Gasteiger partial charge >= 0.3 is 0 Å². The largest absolute Gasteiger partial charge is 0.234 e. The maximum absolute atomic E-state index is 14.0. The summed E-state index contributed by atoms with van der Waals surface area (Å²) in [5, 5.41) is -1.32. The maximum atomic E-state index is 14.0. The van der Waals surface area contributed by atoms with Crippen LogP contribution in [0.4, 0.5) is 4.39 Å². The third-order valence-electron chi connectivity index (χ3n) is 1.98. The number of alkyl halides is 1. The molecule has 0 rings (SSSR count). The second-order valence-corrected chi connectivity index (χ2v) is 6.56. The van der Waals surface area contributed by atoms with Crippen LogP contribution in [-0.2, 0) is 0 Å². The summed E-state index contributed by atoms with van der Waals surface area (Å²) in [6.45, 7) is 11.9. The predicted octanol–water partition coefficient (Wildman–Crippen LogP) is 4.18. The number of halogens is 1. The fourth-order valence-electron chi connectivity index (χ4n) is 0.621. The van der Waals surface area contributed by atoms with Crippen LogP contribution in [0.15, 0.2) is 12.2 Å². The molecular formula is C11H22FP. The molecule has 0 saturated heterocycles. The number of hydrogen-bond donors (Lipinski definition) is 0. The Balaban J connectivity index is 4.62. The molecule has 0 heterocycles. The Kier molecular flexibility index (Phi) is 3.72. The van der Waals surface area contributed by atoms with Crippen LogP contribution < -0.4 is 0 Å². The number of allylic oxidation sites excluding steroid dienone is 2. The van der Waals surface area contributed by atoms with Gasteiger partial charge in [0.25, 0.3) is 0 Å². The molecule has 0 aliphatic rings. The minimum absolute atomic E-state index is 0.0408. The second kappa shape index (κ2) is 3.69. The molecule has 0 N–H and O–H groups in total. The van der Waals surface area contributed by atoms with E-state index in [-0.39, 0.29) is 10.8 Å². The quantitative estimate of drug-likeness (QED) is 0.444. The first kappa shape index (κ1) is 13.1. The summed E-state index contributed by atoms with van der Waals surface area (Å²) in [6.07, 6.45) is 3.57. The molecule has 0 fully saturated rings. The normalized spacial score (nSPS) is 19.1. The zero-order valence-electron chi connectivity index (χ0n) is 9.61. The number of hydrogen-bond acceptors (Lipinski definition) is 0. The molecule has 78 valence electrons. The molecule has 0 radical (unpaired) electrons. The van der Waals surface area contributed by atoms with Crippen molar-refractivity contribution in [2.75, 3.05) is 0 Å². The summed E-state index contributed by atoms with van der Waals surface area (Å²) in [5.41, 5.74) is -0.335. The first-order valence-electron chi connectivity index (χ1n) is 4.64. The average molecular weight is 204 g/mol. The molecule has 0 aromatic rings. The zero-order valence-corrected chi connectivity index (χ0v) is 10.8. The molecule has 0 aromatic carbocycles. The minimum Gasteiger partial charge on any atom is -0.234 e. The van der Waals surface area contributed by atoms with E-state index in [1.54, 1.807) is 6.08 Å². The van der Waals surface area contributed by atoms with Gasteiger partial charge in [0.1, 0.15) is 5.41 Å². The van der Waals surface area contributed by atoms with Crippen molar-refractivity contribution in [3.8, 4) is 0 Å². The third kappa shape index (κ3) is 4.76.